The highest BCUT2D eigenvalue weighted by Gasteiger charge is 2.57. The van der Waals surface area contributed by atoms with E-state index in [-0.39, 0.29) is 21.7 Å². The van der Waals surface area contributed by atoms with E-state index < -0.39 is 27.1 Å². The summed E-state index contributed by atoms with van der Waals surface area (Å²) in [5, 5.41) is 7.93. The Balaban J connectivity index is 2.17. The van der Waals surface area contributed by atoms with E-state index in [0.717, 1.165) is 4.90 Å². The second-order valence-corrected chi connectivity index (χ2v) is 7.16. The van der Waals surface area contributed by atoms with Crippen LogP contribution in [0.2, 0.25) is 0 Å². The lowest BCUT2D eigenvalue weighted by molar-refractivity contribution is -0.141. The van der Waals surface area contributed by atoms with Crippen LogP contribution in [0.3, 0.4) is 0 Å². The summed E-state index contributed by atoms with van der Waals surface area (Å²) in [6.07, 6.45) is 2.86. The predicted octanol–water partition coefficient (Wildman–Crippen LogP) is 0.934. The minimum atomic E-state index is -3.93. The topological polar surface area (TPSA) is 105 Å². The van der Waals surface area contributed by atoms with Gasteiger partial charge in [0.1, 0.15) is 5.70 Å². The lowest BCUT2D eigenvalue weighted by Crippen LogP contribution is -2.61. The molecule has 2 aliphatic heterocycles. The number of carbonyl (C=O) groups is 2. The summed E-state index contributed by atoms with van der Waals surface area (Å²) < 4.78 is 25.0. The molecule has 23 heavy (non-hydrogen) atoms. The van der Waals surface area contributed by atoms with E-state index in [4.69, 9.17) is 0 Å². The number of pyridine rings is 1. The first-order chi connectivity index (χ1) is 10.8. The first kappa shape index (κ1) is 15.2. The van der Waals surface area contributed by atoms with Gasteiger partial charge >= 0.3 is 5.97 Å². The van der Waals surface area contributed by atoms with Crippen LogP contribution in [0.15, 0.2) is 52.7 Å². The molecular weight excluding hydrogens is 320 g/mol. The molecule has 3 rings (SSSR count). The number of sulfone groups is 1. The van der Waals surface area contributed by atoms with Crippen molar-refractivity contribution in [3.05, 3.63) is 58.4 Å². The summed E-state index contributed by atoms with van der Waals surface area (Å²) in [4.78, 5) is 28.2. The van der Waals surface area contributed by atoms with Crippen LogP contribution in [0.25, 0.3) is 6.08 Å². The van der Waals surface area contributed by atoms with Crippen molar-refractivity contribution in [2.45, 2.75) is 12.3 Å². The molecule has 118 valence electrons. The largest absolute Gasteiger partial charge is 0.477 e. The Bertz CT molecular complexity index is 912. The van der Waals surface area contributed by atoms with E-state index >= 15 is 0 Å². The maximum absolute atomic E-state index is 12.5. The number of carboxylic acid groups (broad SMARTS) is 1. The Labute approximate surface area is 132 Å². The molecule has 1 fully saturated rings. The number of aliphatic carboxylic acids is 1. The Morgan fingerprint density at radius 1 is 1.43 bits per heavy atom. The minimum absolute atomic E-state index is 0.0175. The number of hydrogen-bond acceptors (Lipinski definition) is 5. The van der Waals surface area contributed by atoms with Crippen molar-refractivity contribution in [1.82, 2.24) is 9.88 Å². The van der Waals surface area contributed by atoms with Crippen LogP contribution < -0.4 is 0 Å². The molecule has 1 saturated heterocycles. The number of carboxylic acids is 1. The van der Waals surface area contributed by atoms with Gasteiger partial charge in [-0.3, -0.25) is 14.7 Å². The molecule has 0 bridgehead atoms. The molecular formula is C15H12N2O5S. The molecule has 1 unspecified atom stereocenters. The second kappa shape index (κ2) is 4.88. The SMILES string of the molecule is C=C1C(C)=C(C(=O)O)N2C(=O)/C(=C/c3ccccn3)C2S1(=O)=O. The molecule has 1 aromatic rings. The zero-order valence-electron chi connectivity index (χ0n) is 12.1. The van der Waals surface area contributed by atoms with Gasteiger partial charge in [-0.05, 0) is 30.7 Å². The van der Waals surface area contributed by atoms with E-state index in [2.05, 4.69) is 11.6 Å². The van der Waals surface area contributed by atoms with Crippen molar-refractivity contribution in [1.29, 1.82) is 0 Å². The molecule has 8 heteroatoms. The minimum Gasteiger partial charge on any atom is -0.477 e. The van der Waals surface area contributed by atoms with Gasteiger partial charge < -0.3 is 5.11 Å². The first-order valence-electron chi connectivity index (χ1n) is 6.60. The van der Waals surface area contributed by atoms with Crippen molar-refractivity contribution in [2.24, 2.45) is 0 Å². The molecule has 1 N–H and O–H groups in total. The normalized spacial score (nSPS) is 24.5. The van der Waals surface area contributed by atoms with Gasteiger partial charge in [0.05, 0.1) is 16.2 Å². The van der Waals surface area contributed by atoms with Crippen LogP contribution in [0.5, 0.6) is 0 Å². The van der Waals surface area contributed by atoms with Crippen molar-refractivity contribution >= 4 is 27.8 Å². The van der Waals surface area contributed by atoms with Gasteiger partial charge in [0, 0.05) is 6.20 Å². The maximum atomic E-state index is 12.5. The van der Waals surface area contributed by atoms with E-state index in [1.54, 1.807) is 18.2 Å². The highest BCUT2D eigenvalue weighted by atomic mass is 32.2. The number of rotatable bonds is 2. The number of carbonyl (C=O) groups excluding carboxylic acids is 1. The molecule has 0 radical (unpaired) electrons. The summed E-state index contributed by atoms with van der Waals surface area (Å²) in [5.41, 5.74) is 0.0209. The van der Waals surface area contributed by atoms with Crippen LogP contribution in [-0.4, -0.2) is 40.7 Å². The van der Waals surface area contributed by atoms with Crippen LogP contribution in [0.1, 0.15) is 12.6 Å². The number of β-lactam (4-membered cyclic amide) rings is 1. The molecule has 0 saturated carbocycles. The summed E-state index contributed by atoms with van der Waals surface area (Å²) in [6.45, 7) is 4.80. The van der Waals surface area contributed by atoms with Gasteiger partial charge in [-0.25, -0.2) is 13.2 Å². The maximum Gasteiger partial charge on any atom is 0.352 e. The molecule has 0 aromatic carbocycles. The first-order valence-corrected chi connectivity index (χ1v) is 8.15. The molecule has 1 atom stereocenters. The molecule has 0 spiro atoms. The summed E-state index contributed by atoms with van der Waals surface area (Å²) >= 11 is 0. The predicted molar refractivity (Wildman–Crippen MR) is 81.2 cm³/mol. The van der Waals surface area contributed by atoms with Gasteiger partial charge in [0.25, 0.3) is 5.91 Å². The Kier molecular flexibility index (Phi) is 3.22. The van der Waals surface area contributed by atoms with Crippen molar-refractivity contribution in [3.63, 3.8) is 0 Å². The molecule has 7 nitrogen and oxygen atoms in total. The Morgan fingerprint density at radius 2 is 2.13 bits per heavy atom. The Hall–Kier alpha value is -2.74. The number of amides is 1. The van der Waals surface area contributed by atoms with Gasteiger partial charge in [-0.2, -0.15) is 0 Å². The number of hydrogen-bond donors (Lipinski definition) is 1. The lowest BCUT2D eigenvalue weighted by Gasteiger charge is -2.45. The van der Waals surface area contributed by atoms with Crippen LogP contribution in [0, 0.1) is 0 Å². The Morgan fingerprint density at radius 3 is 2.70 bits per heavy atom. The van der Waals surface area contributed by atoms with Crippen molar-refractivity contribution in [3.8, 4) is 0 Å². The van der Waals surface area contributed by atoms with Gasteiger partial charge in [0.2, 0.25) is 9.84 Å². The van der Waals surface area contributed by atoms with Crippen LogP contribution in [0.4, 0.5) is 0 Å². The number of allylic oxidation sites excluding steroid dienone is 1. The highest BCUT2D eigenvalue weighted by molar-refractivity contribution is 7.96. The summed E-state index contributed by atoms with van der Waals surface area (Å²) in [5.74, 6) is -2.03. The molecule has 0 aliphatic carbocycles. The van der Waals surface area contributed by atoms with Gasteiger partial charge in [-0.1, -0.05) is 12.6 Å². The fourth-order valence-corrected chi connectivity index (χ4v) is 4.40. The third kappa shape index (κ3) is 2.02. The van der Waals surface area contributed by atoms with Gasteiger partial charge in [0.15, 0.2) is 5.37 Å². The standard InChI is InChI=1S/C15H12N2O5S/c1-8-9(2)23(21,22)14-11(7-10-5-3-4-6-16-10)13(18)17(14)12(8)15(19)20/h3-7,14H,2H2,1H3,(H,19,20)/b11-7-. The molecule has 1 aromatic heterocycles. The third-order valence-electron chi connectivity index (χ3n) is 3.81. The van der Waals surface area contributed by atoms with E-state index in [0.29, 0.717) is 5.69 Å². The fraction of sp³-hybridized carbons (Fsp3) is 0.133. The number of fused-ring (bicyclic) bond motifs is 1. The summed E-state index contributed by atoms with van der Waals surface area (Å²) in [7, 11) is -3.93. The molecule has 1 amide bonds. The summed E-state index contributed by atoms with van der Waals surface area (Å²) in [6, 6.07) is 5.00. The van der Waals surface area contributed by atoms with Gasteiger partial charge in [-0.15, -0.1) is 0 Å². The quantitative estimate of drug-likeness (QED) is 0.638. The monoisotopic (exact) mass is 332 g/mol. The highest BCUT2D eigenvalue weighted by Crippen LogP contribution is 2.44. The third-order valence-corrected chi connectivity index (χ3v) is 5.86. The van der Waals surface area contributed by atoms with E-state index in [9.17, 15) is 23.1 Å². The lowest BCUT2D eigenvalue weighted by atomic mass is 10.0. The molecule has 3 heterocycles. The zero-order valence-corrected chi connectivity index (χ0v) is 12.9. The average Bonchev–Trinajstić information content (AvgIpc) is 2.51. The second-order valence-electron chi connectivity index (χ2n) is 5.13. The van der Waals surface area contributed by atoms with Crippen molar-refractivity contribution in [2.75, 3.05) is 0 Å². The number of aromatic nitrogens is 1. The van der Waals surface area contributed by atoms with E-state index in [1.165, 1.54) is 19.2 Å². The number of nitrogens with zero attached hydrogens (tertiary/aromatic N) is 2. The zero-order chi connectivity index (χ0) is 16.9. The smallest absolute Gasteiger partial charge is 0.352 e. The molecule has 2 aliphatic rings. The fourth-order valence-electron chi connectivity index (χ4n) is 2.63. The van der Waals surface area contributed by atoms with E-state index in [1.807, 2.05) is 0 Å². The van der Waals surface area contributed by atoms with Crippen LogP contribution >= 0.6 is 0 Å². The average molecular weight is 332 g/mol. The van der Waals surface area contributed by atoms with Crippen LogP contribution in [-0.2, 0) is 19.4 Å². The van der Waals surface area contributed by atoms with Crippen molar-refractivity contribution < 1.29 is 23.1 Å².